The van der Waals surface area contributed by atoms with Crippen molar-refractivity contribution in [2.24, 2.45) is 28.7 Å². The first-order valence-corrected chi connectivity index (χ1v) is 19.7. The molecule has 9 rings (SSSR count). The highest BCUT2D eigenvalue weighted by Gasteiger charge is 2.78. The van der Waals surface area contributed by atoms with E-state index >= 15 is 0 Å². The van der Waals surface area contributed by atoms with Gasteiger partial charge in [0.15, 0.2) is 17.2 Å². The number of nitrogens with two attached hydrogens (primary N) is 2. The van der Waals surface area contributed by atoms with Crippen LogP contribution in [0.5, 0.6) is 0 Å². The number of rotatable bonds is 6. The molecule has 3 aromatic heterocycles. The van der Waals surface area contributed by atoms with Gasteiger partial charge in [-0.2, -0.15) is 10.2 Å². The molecule has 3 aliphatic carbocycles. The van der Waals surface area contributed by atoms with Gasteiger partial charge in [0.2, 0.25) is 11.2 Å². The van der Waals surface area contributed by atoms with Crippen LogP contribution in [-0.4, -0.2) is 112 Å². The molecule has 1 saturated carbocycles. The first-order chi connectivity index (χ1) is 28.4. The Balaban J connectivity index is 0.902. The predicted octanol–water partition coefficient (Wildman–Crippen LogP) is 1.09. The number of carbonyl (C=O) groups excluding carboxylic acids is 4. The third-order valence-electron chi connectivity index (χ3n) is 13.0. The summed E-state index contributed by atoms with van der Waals surface area (Å²) in [4.78, 5) is 58.4. The average molecular weight is 818 g/mol. The first-order valence-electron chi connectivity index (χ1n) is 19.7. The number of hydrogen-bond donors (Lipinski definition) is 4. The van der Waals surface area contributed by atoms with Gasteiger partial charge in [0.1, 0.15) is 0 Å². The zero-order chi connectivity index (χ0) is 42.5. The highest BCUT2D eigenvalue weighted by molar-refractivity contribution is 5.94. The van der Waals surface area contributed by atoms with Gasteiger partial charge in [-0.15, -0.1) is 0 Å². The topological polar surface area (TPSA) is 216 Å². The Morgan fingerprint density at radius 2 is 1.53 bits per heavy atom. The molecule has 2 unspecified atom stereocenters. The second kappa shape index (κ2) is 13.6. The molecule has 308 valence electrons. The lowest BCUT2D eigenvalue weighted by atomic mass is 9.85. The molecular formula is C43H41F2N9O6. The molecule has 2 saturated heterocycles. The maximum atomic E-state index is 14.7. The maximum absolute atomic E-state index is 14.7. The van der Waals surface area contributed by atoms with Gasteiger partial charge in [-0.1, -0.05) is 36.7 Å². The smallest absolute Gasteiger partial charge is 0.269 e. The van der Waals surface area contributed by atoms with Gasteiger partial charge in [0.05, 0.1) is 11.4 Å². The third kappa shape index (κ3) is 6.14. The highest BCUT2D eigenvalue weighted by atomic mass is 19.3. The number of pyridine rings is 1. The Morgan fingerprint density at radius 1 is 0.883 bits per heavy atom. The van der Waals surface area contributed by atoms with Gasteiger partial charge in [-0.05, 0) is 61.9 Å². The molecule has 60 heavy (non-hydrogen) atoms. The van der Waals surface area contributed by atoms with Crippen LogP contribution < -0.4 is 11.5 Å². The van der Waals surface area contributed by atoms with Gasteiger partial charge < -0.3 is 31.5 Å². The molecule has 0 spiro atoms. The molecule has 0 bridgehead atoms. The van der Waals surface area contributed by atoms with Crippen molar-refractivity contribution >= 4 is 23.6 Å². The fourth-order valence-corrected chi connectivity index (χ4v) is 9.36. The summed E-state index contributed by atoms with van der Waals surface area (Å²) in [6.07, 6.45) is 3.32. The highest BCUT2D eigenvalue weighted by Crippen LogP contribution is 2.70. The number of amides is 4. The Morgan fingerprint density at radius 3 is 2.22 bits per heavy atom. The summed E-state index contributed by atoms with van der Waals surface area (Å²) in [6.45, 7) is 2.49. The minimum absolute atomic E-state index is 0.000575. The first kappa shape index (κ1) is 39.1. The molecule has 4 amide bonds. The van der Waals surface area contributed by atoms with E-state index in [0.29, 0.717) is 71.8 Å². The zero-order valence-electron chi connectivity index (χ0n) is 32.8. The van der Waals surface area contributed by atoms with Crippen molar-refractivity contribution < 1.29 is 38.2 Å². The van der Waals surface area contributed by atoms with Crippen LogP contribution in [0.2, 0.25) is 0 Å². The molecule has 5 atom stereocenters. The second-order valence-corrected chi connectivity index (χ2v) is 16.8. The van der Waals surface area contributed by atoms with Gasteiger partial charge in [-0.25, -0.2) is 23.1 Å². The summed E-state index contributed by atoms with van der Waals surface area (Å²) in [5.41, 5.74) is 10.2. The van der Waals surface area contributed by atoms with Crippen molar-refractivity contribution in [2.75, 3.05) is 26.7 Å². The Bertz CT molecular complexity index is 2690. The number of likely N-dealkylation sites (tertiary alicyclic amines) is 2. The number of likely N-dealkylation sites (N-methyl/N-ethyl adjacent to an activating group) is 1. The summed E-state index contributed by atoms with van der Waals surface area (Å²) in [6, 6.07) is 10.0. The van der Waals surface area contributed by atoms with E-state index in [2.05, 4.69) is 38.9 Å². The molecule has 1 aromatic carbocycles. The molecule has 0 radical (unpaired) electrons. The fourth-order valence-electron chi connectivity index (χ4n) is 9.36. The van der Waals surface area contributed by atoms with Crippen molar-refractivity contribution in [3.05, 3.63) is 87.6 Å². The molecule has 5 heterocycles. The van der Waals surface area contributed by atoms with Crippen LogP contribution in [0.1, 0.15) is 80.8 Å². The molecule has 5 aliphatic rings. The number of aromatic nitrogens is 5. The van der Waals surface area contributed by atoms with E-state index in [4.69, 9.17) is 11.5 Å². The van der Waals surface area contributed by atoms with Crippen molar-refractivity contribution in [1.82, 2.24) is 34.3 Å². The molecule has 6 N–H and O–H groups in total. The second-order valence-electron chi connectivity index (χ2n) is 16.8. The van der Waals surface area contributed by atoms with Crippen LogP contribution in [-0.2, 0) is 35.3 Å². The van der Waals surface area contributed by atoms with Crippen LogP contribution >= 0.6 is 0 Å². The minimum Gasteiger partial charge on any atom is -0.369 e. The molecule has 2 aliphatic heterocycles. The number of aliphatic hydroxyl groups is 2. The van der Waals surface area contributed by atoms with Gasteiger partial charge >= 0.3 is 0 Å². The fraction of sp³-hybridized carbons (Fsp3) is 0.419. The summed E-state index contributed by atoms with van der Waals surface area (Å²) < 4.78 is 32.5. The van der Waals surface area contributed by atoms with E-state index in [-0.39, 0.29) is 49.5 Å². The number of carbonyl (C=O) groups is 4. The monoisotopic (exact) mass is 817 g/mol. The van der Waals surface area contributed by atoms with E-state index in [1.807, 2.05) is 0 Å². The van der Waals surface area contributed by atoms with Crippen LogP contribution in [0.3, 0.4) is 0 Å². The molecule has 3 fully saturated rings. The van der Waals surface area contributed by atoms with Crippen LogP contribution in [0.25, 0.3) is 11.5 Å². The Labute approximate surface area is 342 Å². The van der Waals surface area contributed by atoms with E-state index in [0.717, 1.165) is 5.69 Å². The summed E-state index contributed by atoms with van der Waals surface area (Å²) in [7, 11) is 1.61. The standard InChI is InChI=1S/C43H41F2N9O6/c1-40-22-31-29(21-32(40)43(40,44)45)35(37(47)56)49-53(31)27-5-3-4-24(18-27)8-12-42(60)14-17-52(39(42)58)23-26-6-7-30-28(19-26)34(36(46)55)50-54(30)33-20-25(10-15-48-33)9-11-41(59)13-16-51(2)38(41)57/h3-5,10,15,18,20,26,32,59-60H,6-7,13-14,16-17,19,21-23H2,1-2H3,(H2,46,55)(H2,47,56)/t26?,32?,40-,41+,42+/m1/s1. The SMILES string of the molecule is CN1CC[C@@](O)(C#Cc2ccnc(-n3nc(C(N)=O)c4c3CCC(CN3CC[C@@](O)(C#Cc5cccc(-n6nc(C(N)=O)c7c6C[C@]6(C)C(C7)C6(F)F)c5)C3=O)C4)c2)C1=O. The van der Waals surface area contributed by atoms with Gasteiger partial charge in [-0.3, -0.25) is 19.2 Å². The van der Waals surface area contributed by atoms with Gasteiger partial charge in [0, 0.05) is 91.4 Å². The number of primary amides is 2. The van der Waals surface area contributed by atoms with Crippen molar-refractivity contribution in [1.29, 1.82) is 0 Å². The number of nitrogens with zero attached hydrogens (tertiary/aromatic N) is 7. The van der Waals surface area contributed by atoms with Crippen LogP contribution in [0.15, 0.2) is 42.6 Å². The van der Waals surface area contributed by atoms with E-state index in [1.165, 1.54) is 22.7 Å². The summed E-state index contributed by atoms with van der Waals surface area (Å²) in [5, 5.41) is 31.2. The lowest BCUT2D eigenvalue weighted by Gasteiger charge is -2.28. The average Bonchev–Trinajstić information content (AvgIpc) is 3.76. The number of alkyl halides is 2. The number of halogens is 2. The van der Waals surface area contributed by atoms with E-state index in [1.54, 1.807) is 53.0 Å². The van der Waals surface area contributed by atoms with Crippen molar-refractivity contribution in [3.8, 4) is 35.2 Å². The lowest BCUT2D eigenvalue weighted by Crippen LogP contribution is -2.41. The van der Waals surface area contributed by atoms with Crippen LogP contribution in [0, 0.1) is 40.9 Å². The number of fused-ring (bicyclic) bond motifs is 3. The minimum atomic E-state index is -2.86. The summed E-state index contributed by atoms with van der Waals surface area (Å²) in [5.74, 6) is 5.30. The largest absolute Gasteiger partial charge is 0.369 e. The van der Waals surface area contributed by atoms with Crippen molar-refractivity contribution in [3.63, 3.8) is 0 Å². The number of hydrogen-bond acceptors (Lipinski definition) is 9. The Hall–Kier alpha value is -6.43. The number of benzene rings is 1. The zero-order valence-corrected chi connectivity index (χ0v) is 32.8. The van der Waals surface area contributed by atoms with Gasteiger partial charge in [0.25, 0.3) is 29.6 Å². The van der Waals surface area contributed by atoms with Crippen molar-refractivity contribution in [2.45, 2.75) is 69.0 Å². The maximum Gasteiger partial charge on any atom is 0.269 e. The molecule has 15 nitrogen and oxygen atoms in total. The van der Waals surface area contributed by atoms with E-state index in [9.17, 15) is 38.2 Å². The van der Waals surface area contributed by atoms with Crippen LogP contribution in [0.4, 0.5) is 8.78 Å². The van der Waals surface area contributed by atoms with E-state index < -0.39 is 52.1 Å². The molecule has 17 heteroatoms. The lowest BCUT2D eigenvalue weighted by molar-refractivity contribution is -0.139. The normalized spacial score (nSPS) is 27.3. The Kier molecular flexibility index (Phi) is 8.82. The quantitative estimate of drug-likeness (QED) is 0.205. The predicted molar refractivity (Wildman–Crippen MR) is 209 cm³/mol. The molecular weight excluding hydrogens is 777 g/mol. The third-order valence-corrected chi connectivity index (χ3v) is 13.0. The summed E-state index contributed by atoms with van der Waals surface area (Å²) >= 11 is 0. The molecule has 4 aromatic rings.